The van der Waals surface area contributed by atoms with Crippen LogP contribution < -0.4 is 4.74 Å². The first-order chi connectivity index (χ1) is 10.1. The Hall–Kier alpha value is -2.75. The van der Waals surface area contributed by atoms with Crippen LogP contribution in [0.25, 0.3) is 11.6 Å². The first-order valence-corrected chi connectivity index (χ1v) is 6.57. The molecule has 108 valence electrons. The summed E-state index contributed by atoms with van der Waals surface area (Å²) in [5, 5.41) is 18.6. The van der Waals surface area contributed by atoms with Gasteiger partial charge in [0.15, 0.2) is 0 Å². The molecule has 0 saturated heterocycles. The molecule has 0 aliphatic heterocycles. The normalized spacial score (nSPS) is 11.2. The highest BCUT2D eigenvalue weighted by Gasteiger charge is 2.10. The summed E-state index contributed by atoms with van der Waals surface area (Å²) in [4.78, 5) is 11.4. The predicted octanol–water partition coefficient (Wildman–Crippen LogP) is 3.42. The molecule has 0 saturated carbocycles. The van der Waals surface area contributed by atoms with Crippen molar-refractivity contribution in [2.24, 2.45) is 0 Å². The van der Waals surface area contributed by atoms with Crippen molar-refractivity contribution in [2.75, 3.05) is 6.61 Å². The molecule has 4 nitrogen and oxygen atoms in total. The van der Waals surface area contributed by atoms with E-state index in [1.165, 1.54) is 12.1 Å². The summed E-state index contributed by atoms with van der Waals surface area (Å²) in [6.45, 7) is 2.49. The number of aromatic hydroxyl groups is 1. The third kappa shape index (κ3) is 3.86. The fraction of sp³-hybridized carbons (Fsp3) is 0.118. The number of carbonyl (C=O) groups is 1. The molecule has 0 radical (unpaired) electrons. The van der Waals surface area contributed by atoms with Crippen LogP contribution in [0.2, 0.25) is 0 Å². The Morgan fingerprint density at radius 2 is 1.71 bits per heavy atom. The minimum atomic E-state index is -1.02. The molecule has 0 aliphatic carbocycles. The number of phenols is 1. The summed E-state index contributed by atoms with van der Waals surface area (Å²) in [5.74, 6) is -0.171. The zero-order valence-corrected chi connectivity index (χ0v) is 11.6. The van der Waals surface area contributed by atoms with Gasteiger partial charge in [-0.25, -0.2) is 4.79 Å². The molecular formula is C17H16O4. The lowest BCUT2D eigenvalue weighted by atomic mass is 10.0. The van der Waals surface area contributed by atoms with Gasteiger partial charge in [-0.15, -0.1) is 0 Å². The van der Waals surface area contributed by atoms with Crippen LogP contribution in [0.5, 0.6) is 11.5 Å². The summed E-state index contributed by atoms with van der Waals surface area (Å²) in [7, 11) is 0. The van der Waals surface area contributed by atoms with Gasteiger partial charge >= 0.3 is 5.97 Å². The maximum Gasteiger partial charge on any atom is 0.336 e. The maximum atomic E-state index is 11.4. The second-order valence-electron chi connectivity index (χ2n) is 4.41. The van der Waals surface area contributed by atoms with Gasteiger partial charge in [0.25, 0.3) is 0 Å². The predicted molar refractivity (Wildman–Crippen MR) is 81.2 cm³/mol. The molecule has 2 aromatic carbocycles. The molecule has 2 rings (SSSR count). The van der Waals surface area contributed by atoms with Crippen LogP contribution in [-0.2, 0) is 4.79 Å². The first-order valence-electron chi connectivity index (χ1n) is 6.57. The second-order valence-corrected chi connectivity index (χ2v) is 4.41. The van der Waals surface area contributed by atoms with E-state index in [9.17, 15) is 15.0 Å². The Bertz CT molecular complexity index is 639. The zero-order chi connectivity index (χ0) is 15.2. The van der Waals surface area contributed by atoms with Crippen LogP contribution in [0.15, 0.2) is 48.5 Å². The topological polar surface area (TPSA) is 66.8 Å². The SMILES string of the molecule is CCOc1ccc(C=C(C(=O)O)c2ccc(O)cc2)cc1. The minimum absolute atomic E-state index is 0.101. The van der Waals surface area contributed by atoms with Crippen molar-refractivity contribution >= 4 is 17.6 Å². The van der Waals surface area contributed by atoms with Crippen LogP contribution in [0.4, 0.5) is 0 Å². The quantitative estimate of drug-likeness (QED) is 0.652. The number of benzene rings is 2. The molecule has 0 aliphatic rings. The highest BCUT2D eigenvalue weighted by molar-refractivity contribution is 6.20. The van der Waals surface area contributed by atoms with Crippen LogP contribution in [0.1, 0.15) is 18.1 Å². The molecule has 0 bridgehead atoms. The van der Waals surface area contributed by atoms with Crippen molar-refractivity contribution in [3.05, 3.63) is 59.7 Å². The van der Waals surface area contributed by atoms with Gasteiger partial charge in [-0.1, -0.05) is 24.3 Å². The first kappa shape index (κ1) is 14.7. The number of aliphatic carboxylic acids is 1. The zero-order valence-electron chi connectivity index (χ0n) is 11.6. The van der Waals surface area contributed by atoms with Crippen LogP contribution in [0, 0.1) is 0 Å². The smallest absolute Gasteiger partial charge is 0.336 e. The number of phenolic OH excluding ortho intramolecular Hbond substituents is 1. The third-order valence-electron chi connectivity index (χ3n) is 2.91. The standard InChI is InChI=1S/C17H16O4/c1-2-21-15-9-3-12(4-10-15)11-16(17(19)20)13-5-7-14(18)8-6-13/h3-11,18H,2H2,1H3,(H,19,20). The van der Waals surface area contributed by atoms with Gasteiger partial charge in [0, 0.05) is 0 Å². The van der Waals surface area contributed by atoms with E-state index in [0.29, 0.717) is 12.2 Å². The average Bonchev–Trinajstić information content (AvgIpc) is 2.47. The van der Waals surface area contributed by atoms with Crippen LogP contribution in [0.3, 0.4) is 0 Å². The van der Waals surface area contributed by atoms with Gasteiger partial charge in [0.2, 0.25) is 0 Å². The molecule has 0 unspecified atom stereocenters. The van der Waals surface area contributed by atoms with E-state index in [4.69, 9.17) is 4.74 Å². The molecule has 21 heavy (non-hydrogen) atoms. The number of ether oxygens (including phenoxy) is 1. The summed E-state index contributed by atoms with van der Waals surface area (Å²) in [6.07, 6.45) is 1.59. The average molecular weight is 284 g/mol. The van der Waals surface area contributed by atoms with Crippen LogP contribution >= 0.6 is 0 Å². The molecule has 0 heterocycles. The summed E-state index contributed by atoms with van der Waals surface area (Å²) in [6, 6.07) is 13.3. The van der Waals surface area contributed by atoms with E-state index in [1.54, 1.807) is 42.5 Å². The lowest BCUT2D eigenvalue weighted by Crippen LogP contribution is -1.99. The van der Waals surface area contributed by atoms with E-state index in [2.05, 4.69) is 0 Å². The Kier molecular flexibility index (Phi) is 4.61. The fourth-order valence-electron chi connectivity index (χ4n) is 1.90. The maximum absolute atomic E-state index is 11.4. The summed E-state index contributed by atoms with van der Waals surface area (Å²) >= 11 is 0. The van der Waals surface area contributed by atoms with Gasteiger partial charge in [0.05, 0.1) is 12.2 Å². The molecule has 2 N–H and O–H groups in total. The Morgan fingerprint density at radius 1 is 1.10 bits per heavy atom. The molecule has 0 spiro atoms. The molecule has 4 heteroatoms. The molecular weight excluding hydrogens is 268 g/mol. The van der Waals surface area contributed by atoms with Crippen LogP contribution in [-0.4, -0.2) is 22.8 Å². The van der Waals surface area contributed by atoms with Crippen molar-refractivity contribution in [1.29, 1.82) is 0 Å². The van der Waals surface area contributed by atoms with Crippen molar-refractivity contribution < 1.29 is 19.7 Å². The third-order valence-corrected chi connectivity index (χ3v) is 2.91. The van der Waals surface area contributed by atoms with E-state index >= 15 is 0 Å². The summed E-state index contributed by atoms with van der Waals surface area (Å²) in [5.41, 5.74) is 1.47. The van der Waals surface area contributed by atoms with Crippen molar-refractivity contribution in [3.8, 4) is 11.5 Å². The van der Waals surface area contributed by atoms with Crippen molar-refractivity contribution in [2.45, 2.75) is 6.92 Å². The number of rotatable bonds is 5. The fourth-order valence-corrected chi connectivity index (χ4v) is 1.90. The lowest BCUT2D eigenvalue weighted by Gasteiger charge is -2.05. The van der Waals surface area contributed by atoms with Gasteiger partial charge in [-0.2, -0.15) is 0 Å². The summed E-state index contributed by atoms with van der Waals surface area (Å²) < 4.78 is 5.35. The molecule has 0 fully saturated rings. The Labute approximate surface area is 122 Å². The van der Waals surface area contributed by atoms with Crippen molar-refractivity contribution in [1.82, 2.24) is 0 Å². The number of carboxylic acids is 1. The lowest BCUT2D eigenvalue weighted by molar-refractivity contribution is -0.130. The van der Waals surface area contributed by atoms with Gasteiger partial charge in [-0.05, 0) is 48.4 Å². The van der Waals surface area contributed by atoms with Crippen molar-refractivity contribution in [3.63, 3.8) is 0 Å². The van der Waals surface area contributed by atoms with Gasteiger partial charge < -0.3 is 14.9 Å². The highest BCUT2D eigenvalue weighted by atomic mass is 16.5. The Balaban J connectivity index is 2.33. The Morgan fingerprint density at radius 3 is 2.24 bits per heavy atom. The molecule has 2 aromatic rings. The van der Waals surface area contributed by atoms with Gasteiger partial charge in [0.1, 0.15) is 11.5 Å². The van der Waals surface area contributed by atoms with Gasteiger partial charge in [-0.3, -0.25) is 0 Å². The number of carboxylic acid groups (broad SMARTS) is 1. The number of hydrogen-bond donors (Lipinski definition) is 2. The molecule has 0 atom stereocenters. The van der Waals surface area contributed by atoms with E-state index in [0.717, 1.165) is 11.3 Å². The highest BCUT2D eigenvalue weighted by Crippen LogP contribution is 2.22. The second kappa shape index (κ2) is 6.61. The molecule has 0 amide bonds. The van der Waals surface area contributed by atoms with E-state index in [-0.39, 0.29) is 11.3 Å². The number of hydrogen-bond acceptors (Lipinski definition) is 3. The monoisotopic (exact) mass is 284 g/mol. The molecule has 0 aromatic heterocycles. The largest absolute Gasteiger partial charge is 0.508 e. The minimum Gasteiger partial charge on any atom is -0.508 e. The van der Waals surface area contributed by atoms with E-state index < -0.39 is 5.97 Å². The van der Waals surface area contributed by atoms with E-state index in [1.807, 2.05) is 6.92 Å².